The highest BCUT2D eigenvalue weighted by Gasteiger charge is 2.36. The van der Waals surface area contributed by atoms with Gasteiger partial charge in [-0.3, -0.25) is 4.79 Å². The molecule has 176 valence electrons. The van der Waals surface area contributed by atoms with Crippen molar-refractivity contribution >= 4 is 18.0 Å². The highest BCUT2D eigenvalue weighted by atomic mass is 16.5. The third kappa shape index (κ3) is 5.53. The predicted molar refractivity (Wildman–Crippen MR) is 126 cm³/mol. The van der Waals surface area contributed by atoms with Gasteiger partial charge >= 0.3 is 12.1 Å². The minimum atomic E-state index is -1.10. The number of ether oxygens (including phenoxy) is 1. The van der Waals surface area contributed by atoms with Crippen LogP contribution in [0.5, 0.6) is 0 Å². The number of aliphatic carboxylic acids is 1. The van der Waals surface area contributed by atoms with Crippen molar-refractivity contribution in [2.24, 2.45) is 5.41 Å². The molecule has 0 fully saturated rings. The van der Waals surface area contributed by atoms with Crippen LogP contribution in [-0.2, 0) is 14.3 Å². The molecule has 0 bridgehead atoms. The minimum Gasteiger partial charge on any atom is -0.480 e. The lowest BCUT2D eigenvalue weighted by molar-refractivity contribution is -0.142. The number of carbonyl (C=O) groups excluding carboxylic acids is 2. The molecule has 0 radical (unpaired) electrons. The zero-order valence-electron chi connectivity index (χ0n) is 19.6. The Balaban J connectivity index is 1.69. The maximum absolute atomic E-state index is 12.9. The van der Waals surface area contributed by atoms with Gasteiger partial charge in [-0.1, -0.05) is 82.6 Å². The molecule has 2 amide bonds. The summed E-state index contributed by atoms with van der Waals surface area (Å²) >= 11 is 0. The quantitative estimate of drug-likeness (QED) is 0.554. The van der Waals surface area contributed by atoms with Gasteiger partial charge in [0.1, 0.15) is 18.7 Å². The van der Waals surface area contributed by atoms with Crippen LogP contribution < -0.4 is 10.6 Å². The zero-order valence-corrected chi connectivity index (χ0v) is 19.6. The fourth-order valence-electron chi connectivity index (χ4n) is 4.23. The molecule has 0 saturated carbocycles. The van der Waals surface area contributed by atoms with E-state index >= 15 is 0 Å². The number of amides is 2. The maximum atomic E-state index is 12.9. The smallest absolute Gasteiger partial charge is 0.407 e. The molecular weight excluding hydrogens is 420 g/mol. The summed E-state index contributed by atoms with van der Waals surface area (Å²) in [4.78, 5) is 37.0. The van der Waals surface area contributed by atoms with E-state index < -0.39 is 35.5 Å². The number of alkyl carbamates (subject to hydrolysis) is 1. The molecule has 0 saturated heterocycles. The first kappa shape index (κ1) is 24.3. The fraction of sp³-hybridized carbons (Fsp3) is 0.423. The van der Waals surface area contributed by atoms with Crippen LogP contribution in [0.15, 0.2) is 48.5 Å². The summed E-state index contributed by atoms with van der Waals surface area (Å²) in [6, 6.07) is 14.1. The van der Waals surface area contributed by atoms with Crippen LogP contribution in [-0.4, -0.2) is 41.8 Å². The summed E-state index contributed by atoms with van der Waals surface area (Å²) in [5, 5.41) is 14.6. The number of nitrogens with one attached hydrogen (secondary N) is 2. The Bertz CT molecular complexity index is 982. The van der Waals surface area contributed by atoms with Gasteiger partial charge in [-0.2, -0.15) is 0 Å². The van der Waals surface area contributed by atoms with Gasteiger partial charge < -0.3 is 20.5 Å². The third-order valence-corrected chi connectivity index (χ3v) is 5.93. The van der Waals surface area contributed by atoms with Crippen LogP contribution in [0.3, 0.4) is 0 Å². The van der Waals surface area contributed by atoms with Gasteiger partial charge in [0.05, 0.1) is 0 Å². The van der Waals surface area contributed by atoms with E-state index in [1.165, 1.54) is 0 Å². The summed E-state index contributed by atoms with van der Waals surface area (Å²) < 4.78 is 5.57. The molecule has 3 rings (SSSR count). The van der Waals surface area contributed by atoms with Gasteiger partial charge in [0.15, 0.2) is 0 Å². The number of fused-ring (bicyclic) bond motifs is 3. The Morgan fingerprint density at radius 1 is 0.970 bits per heavy atom. The lowest BCUT2D eigenvalue weighted by Gasteiger charge is -2.31. The fourth-order valence-corrected chi connectivity index (χ4v) is 4.23. The Morgan fingerprint density at radius 2 is 1.52 bits per heavy atom. The molecule has 7 heteroatoms. The van der Waals surface area contributed by atoms with Crippen LogP contribution in [0, 0.1) is 5.41 Å². The molecule has 0 heterocycles. The van der Waals surface area contributed by atoms with Crippen molar-refractivity contribution in [2.45, 2.75) is 58.5 Å². The van der Waals surface area contributed by atoms with Crippen LogP contribution in [0.1, 0.15) is 57.6 Å². The van der Waals surface area contributed by atoms with Gasteiger partial charge in [0.25, 0.3) is 0 Å². The van der Waals surface area contributed by atoms with Crippen molar-refractivity contribution in [3.8, 4) is 11.1 Å². The van der Waals surface area contributed by atoms with E-state index in [2.05, 4.69) is 22.8 Å². The molecule has 2 aromatic carbocycles. The Hall–Kier alpha value is -3.35. The van der Waals surface area contributed by atoms with E-state index in [1.807, 2.05) is 43.3 Å². The van der Waals surface area contributed by atoms with Gasteiger partial charge in [-0.05, 0) is 34.1 Å². The van der Waals surface area contributed by atoms with E-state index in [4.69, 9.17) is 4.74 Å². The van der Waals surface area contributed by atoms with Crippen molar-refractivity contribution in [1.29, 1.82) is 0 Å². The van der Waals surface area contributed by atoms with Crippen molar-refractivity contribution < 1.29 is 24.2 Å². The molecular formula is C26H32N2O5. The van der Waals surface area contributed by atoms with E-state index in [0.29, 0.717) is 12.8 Å². The van der Waals surface area contributed by atoms with Gasteiger partial charge in [-0.15, -0.1) is 0 Å². The van der Waals surface area contributed by atoms with E-state index in [9.17, 15) is 19.5 Å². The Labute approximate surface area is 194 Å². The highest BCUT2D eigenvalue weighted by molar-refractivity contribution is 5.90. The summed E-state index contributed by atoms with van der Waals surface area (Å²) in [5.74, 6) is -1.73. The Kier molecular flexibility index (Phi) is 7.41. The summed E-state index contributed by atoms with van der Waals surface area (Å²) in [6.07, 6.45) is 0.203. The van der Waals surface area contributed by atoms with Crippen LogP contribution >= 0.6 is 0 Å². The van der Waals surface area contributed by atoms with E-state index in [1.54, 1.807) is 20.8 Å². The number of carbonyl (C=O) groups is 3. The second kappa shape index (κ2) is 10.1. The molecule has 0 aromatic heterocycles. The van der Waals surface area contributed by atoms with Crippen molar-refractivity contribution in [2.75, 3.05) is 6.61 Å². The number of carboxylic acid groups (broad SMARTS) is 1. The lowest BCUT2D eigenvalue weighted by Crippen LogP contribution is -2.56. The second-order valence-electron chi connectivity index (χ2n) is 9.46. The molecule has 1 aliphatic rings. The molecule has 7 nitrogen and oxygen atoms in total. The first-order valence-corrected chi connectivity index (χ1v) is 11.3. The summed E-state index contributed by atoms with van der Waals surface area (Å²) in [7, 11) is 0. The molecule has 0 aliphatic heterocycles. The van der Waals surface area contributed by atoms with Gasteiger partial charge in [-0.25, -0.2) is 9.59 Å². The largest absolute Gasteiger partial charge is 0.480 e. The monoisotopic (exact) mass is 452 g/mol. The third-order valence-electron chi connectivity index (χ3n) is 5.93. The van der Waals surface area contributed by atoms with Gasteiger partial charge in [0, 0.05) is 5.92 Å². The normalized spacial score (nSPS) is 14.5. The highest BCUT2D eigenvalue weighted by Crippen LogP contribution is 2.44. The molecule has 3 N–H and O–H groups in total. The zero-order chi connectivity index (χ0) is 24.2. The van der Waals surface area contributed by atoms with Crippen LogP contribution in [0.25, 0.3) is 11.1 Å². The van der Waals surface area contributed by atoms with Crippen LogP contribution in [0.4, 0.5) is 4.79 Å². The van der Waals surface area contributed by atoms with E-state index in [0.717, 1.165) is 22.3 Å². The minimum absolute atomic E-state index is 0.0917. The molecule has 33 heavy (non-hydrogen) atoms. The predicted octanol–water partition coefficient (Wildman–Crippen LogP) is 4.31. The Morgan fingerprint density at radius 3 is 2.00 bits per heavy atom. The van der Waals surface area contributed by atoms with Crippen LogP contribution in [0.2, 0.25) is 0 Å². The second-order valence-corrected chi connectivity index (χ2v) is 9.46. The molecule has 1 aliphatic carbocycles. The molecule has 1 unspecified atom stereocenters. The SMILES string of the molecule is CCCC(NC(=O)[C@@H](NC(=O)OCC1c2ccccc2-c2ccccc21)C(C)(C)C)C(=O)O. The lowest BCUT2D eigenvalue weighted by atomic mass is 9.86. The first-order chi connectivity index (χ1) is 15.6. The summed E-state index contributed by atoms with van der Waals surface area (Å²) in [6.45, 7) is 7.38. The number of hydrogen-bond acceptors (Lipinski definition) is 4. The topological polar surface area (TPSA) is 105 Å². The standard InChI is InChI=1S/C26H32N2O5/c1-5-10-21(24(30)31)27-23(29)22(26(2,3)4)28-25(32)33-15-20-18-13-8-6-11-16(18)17-12-7-9-14-19(17)20/h6-9,11-14,20-22H,5,10,15H2,1-4H3,(H,27,29)(H,28,32)(H,30,31)/t21?,22-/m1/s1. The first-order valence-electron chi connectivity index (χ1n) is 11.3. The number of hydrogen-bond donors (Lipinski definition) is 3. The number of benzene rings is 2. The van der Waals surface area contributed by atoms with Crippen molar-refractivity contribution in [3.63, 3.8) is 0 Å². The van der Waals surface area contributed by atoms with Crippen molar-refractivity contribution in [3.05, 3.63) is 59.7 Å². The van der Waals surface area contributed by atoms with Crippen molar-refractivity contribution in [1.82, 2.24) is 10.6 Å². The average Bonchev–Trinajstić information content (AvgIpc) is 3.08. The number of rotatable bonds is 8. The maximum Gasteiger partial charge on any atom is 0.407 e. The molecule has 2 aromatic rings. The number of carboxylic acids is 1. The van der Waals surface area contributed by atoms with Gasteiger partial charge in [0.2, 0.25) is 5.91 Å². The molecule has 2 atom stereocenters. The average molecular weight is 453 g/mol. The summed E-state index contributed by atoms with van der Waals surface area (Å²) in [5.41, 5.74) is 3.81. The molecule has 0 spiro atoms. The van der Waals surface area contributed by atoms with E-state index in [-0.39, 0.29) is 12.5 Å².